The van der Waals surface area contributed by atoms with Crippen molar-refractivity contribution in [3.63, 3.8) is 0 Å². The van der Waals surface area contributed by atoms with Crippen molar-refractivity contribution >= 4 is 6.09 Å². The number of amides is 1. The van der Waals surface area contributed by atoms with Crippen LogP contribution in [0.5, 0.6) is 5.75 Å². The molecule has 0 radical (unpaired) electrons. The predicted octanol–water partition coefficient (Wildman–Crippen LogP) is 2.60. The molecule has 1 aromatic rings. The van der Waals surface area contributed by atoms with Crippen molar-refractivity contribution in [3.8, 4) is 5.75 Å². The summed E-state index contributed by atoms with van der Waals surface area (Å²) in [6, 6.07) is 6.74. The number of phenolic OH excluding ortho intramolecular Hbond substituents is 1. The molecule has 0 aromatic heterocycles. The summed E-state index contributed by atoms with van der Waals surface area (Å²) in [5.41, 5.74) is 0.877. The predicted molar refractivity (Wildman–Crippen MR) is 59.4 cm³/mol. The second kappa shape index (κ2) is 4.43. The number of piperidine rings is 1. The Balaban J connectivity index is 2.26. The van der Waals surface area contributed by atoms with E-state index in [2.05, 4.69) is 0 Å². The normalized spacial score (nSPS) is 20.8. The van der Waals surface area contributed by atoms with Crippen LogP contribution in [-0.4, -0.2) is 27.8 Å². The van der Waals surface area contributed by atoms with E-state index in [0.717, 1.165) is 24.8 Å². The van der Waals surface area contributed by atoms with Crippen LogP contribution in [0, 0.1) is 0 Å². The van der Waals surface area contributed by atoms with Crippen molar-refractivity contribution in [2.45, 2.75) is 25.3 Å². The lowest BCUT2D eigenvalue weighted by atomic mass is 9.95. The maximum Gasteiger partial charge on any atom is 0.407 e. The molecular weight excluding hydrogens is 206 g/mol. The number of hydrogen-bond donors (Lipinski definition) is 2. The van der Waals surface area contributed by atoms with E-state index in [1.54, 1.807) is 18.2 Å². The summed E-state index contributed by atoms with van der Waals surface area (Å²) in [6.07, 6.45) is 1.90. The largest absolute Gasteiger partial charge is 0.508 e. The van der Waals surface area contributed by atoms with Crippen molar-refractivity contribution < 1.29 is 15.0 Å². The van der Waals surface area contributed by atoms with Crippen LogP contribution in [0.2, 0.25) is 0 Å². The highest BCUT2D eigenvalue weighted by Crippen LogP contribution is 2.32. The number of hydrogen-bond acceptors (Lipinski definition) is 2. The molecule has 4 heteroatoms. The van der Waals surface area contributed by atoms with Gasteiger partial charge in [-0.05, 0) is 37.0 Å². The Labute approximate surface area is 94.1 Å². The molecule has 1 heterocycles. The molecule has 1 atom stereocenters. The van der Waals surface area contributed by atoms with Gasteiger partial charge in [0.05, 0.1) is 6.04 Å². The van der Waals surface area contributed by atoms with E-state index >= 15 is 0 Å². The number of likely N-dealkylation sites (tertiary alicyclic amines) is 1. The molecule has 2 N–H and O–H groups in total. The summed E-state index contributed by atoms with van der Waals surface area (Å²) < 4.78 is 0. The standard InChI is InChI=1S/C12H15NO3/c14-10-5-3-4-9(8-10)11-6-1-2-7-13(11)12(15)16/h3-5,8,11,14H,1-2,6-7H2,(H,15,16). The quantitative estimate of drug-likeness (QED) is 0.766. The van der Waals surface area contributed by atoms with Gasteiger partial charge < -0.3 is 15.1 Å². The van der Waals surface area contributed by atoms with Crippen molar-refractivity contribution in [3.05, 3.63) is 29.8 Å². The van der Waals surface area contributed by atoms with Crippen LogP contribution >= 0.6 is 0 Å². The molecule has 1 amide bonds. The van der Waals surface area contributed by atoms with Crippen molar-refractivity contribution in [1.29, 1.82) is 0 Å². The van der Waals surface area contributed by atoms with Gasteiger partial charge in [0.1, 0.15) is 5.75 Å². The lowest BCUT2D eigenvalue weighted by Gasteiger charge is -2.33. The van der Waals surface area contributed by atoms with Crippen molar-refractivity contribution in [2.75, 3.05) is 6.54 Å². The van der Waals surface area contributed by atoms with Crippen LogP contribution in [0.1, 0.15) is 30.9 Å². The number of rotatable bonds is 1. The molecule has 0 saturated carbocycles. The molecule has 1 fully saturated rings. The molecule has 0 aliphatic carbocycles. The minimum atomic E-state index is -0.881. The van der Waals surface area contributed by atoms with E-state index in [4.69, 9.17) is 5.11 Å². The Morgan fingerprint density at radius 3 is 2.88 bits per heavy atom. The van der Waals surface area contributed by atoms with Gasteiger partial charge in [-0.3, -0.25) is 0 Å². The van der Waals surface area contributed by atoms with Crippen molar-refractivity contribution in [1.82, 2.24) is 4.90 Å². The number of carbonyl (C=O) groups is 1. The summed E-state index contributed by atoms with van der Waals surface area (Å²) in [5.74, 6) is 0.188. The fourth-order valence-electron chi connectivity index (χ4n) is 2.24. The second-order valence-corrected chi connectivity index (χ2v) is 4.08. The molecule has 0 spiro atoms. The maximum atomic E-state index is 11.1. The van der Waals surface area contributed by atoms with Crippen molar-refractivity contribution in [2.24, 2.45) is 0 Å². The summed E-state index contributed by atoms with van der Waals surface area (Å²) in [4.78, 5) is 12.5. The fraction of sp³-hybridized carbons (Fsp3) is 0.417. The third kappa shape index (κ3) is 2.10. The van der Waals surface area contributed by atoms with Gasteiger partial charge in [-0.15, -0.1) is 0 Å². The van der Waals surface area contributed by atoms with Crippen LogP contribution < -0.4 is 0 Å². The van der Waals surface area contributed by atoms with E-state index in [1.165, 1.54) is 4.90 Å². The van der Waals surface area contributed by atoms with Gasteiger partial charge in [0, 0.05) is 6.54 Å². The van der Waals surface area contributed by atoms with E-state index in [1.807, 2.05) is 6.07 Å². The summed E-state index contributed by atoms with van der Waals surface area (Å²) >= 11 is 0. The summed E-state index contributed by atoms with van der Waals surface area (Å²) in [6.45, 7) is 0.579. The van der Waals surface area contributed by atoms with Crippen LogP contribution in [0.25, 0.3) is 0 Å². The van der Waals surface area contributed by atoms with E-state index in [0.29, 0.717) is 6.54 Å². The molecule has 2 rings (SSSR count). The number of aromatic hydroxyl groups is 1. The Morgan fingerprint density at radius 2 is 2.19 bits per heavy atom. The Hall–Kier alpha value is -1.71. The molecule has 1 aliphatic rings. The average molecular weight is 221 g/mol. The van der Waals surface area contributed by atoms with E-state index in [-0.39, 0.29) is 11.8 Å². The summed E-state index contributed by atoms with van der Waals surface area (Å²) in [7, 11) is 0. The van der Waals surface area contributed by atoms with Gasteiger partial charge >= 0.3 is 6.09 Å². The Bertz CT molecular complexity index is 392. The highest BCUT2D eigenvalue weighted by Gasteiger charge is 2.27. The Morgan fingerprint density at radius 1 is 1.38 bits per heavy atom. The first-order valence-electron chi connectivity index (χ1n) is 5.47. The minimum Gasteiger partial charge on any atom is -0.508 e. The highest BCUT2D eigenvalue weighted by atomic mass is 16.4. The molecule has 1 unspecified atom stereocenters. The molecule has 16 heavy (non-hydrogen) atoms. The lowest BCUT2D eigenvalue weighted by Crippen LogP contribution is -2.37. The third-order valence-corrected chi connectivity index (χ3v) is 3.00. The molecule has 1 aliphatic heterocycles. The Kier molecular flexibility index (Phi) is 2.99. The van der Waals surface area contributed by atoms with Crippen LogP contribution in [0.15, 0.2) is 24.3 Å². The van der Waals surface area contributed by atoms with Gasteiger partial charge in [0.15, 0.2) is 0 Å². The van der Waals surface area contributed by atoms with Gasteiger partial charge in [-0.1, -0.05) is 12.1 Å². The molecular formula is C12H15NO3. The number of benzene rings is 1. The molecule has 86 valence electrons. The van der Waals surface area contributed by atoms with Gasteiger partial charge in [-0.25, -0.2) is 4.79 Å². The molecule has 1 aromatic carbocycles. The summed E-state index contributed by atoms with van der Waals surface area (Å²) in [5, 5.41) is 18.5. The zero-order chi connectivity index (χ0) is 11.5. The second-order valence-electron chi connectivity index (χ2n) is 4.08. The first kappa shape index (κ1) is 10.8. The third-order valence-electron chi connectivity index (χ3n) is 3.00. The average Bonchev–Trinajstić information content (AvgIpc) is 2.29. The van der Waals surface area contributed by atoms with E-state index in [9.17, 15) is 9.90 Å². The number of phenols is 1. The maximum absolute atomic E-state index is 11.1. The number of nitrogens with zero attached hydrogens (tertiary/aromatic N) is 1. The molecule has 1 saturated heterocycles. The molecule has 0 bridgehead atoms. The first-order valence-corrected chi connectivity index (χ1v) is 5.47. The lowest BCUT2D eigenvalue weighted by molar-refractivity contribution is 0.106. The smallest absolute Gasteiger partial charge is 0.407 e. The van der Waals surface area contributed by atoms with Crippen LogP contribution in [0.3, 0.4) is 0 Å². The number of carboxylic acid groups (broad SMARTS) is 1. The zero-order valence-electron chi connectivity index (χ0n) is 8.97. The van der Waals surface area contributed by atoms with Gasteiger partial charge in [-0.2, -0.15) is 0 Å². The monoisotopic (exact) mass is 221 g/mol. The highest BCUT2D eigenvalue weighted by molar-refractivity contribution is 5.66. The van der Waals surface area contributed by atoms with Gasteiger partial charge in [0.25, 0.3) is 0 Å². The topological polar surface area (TPSA) is 60.8 Å². The zero-order valence-corrected chi connectivity index (χ0v) is 8.97. The fourth-order valence-corrected chi connectivity index (χ4v) is 2.24. The van der Waals surface area contributed by atoms with Crippen LogP contribution in [0.4, 0.5) is 4.79 Å². The SMILES string of the molecule is O=C(O)N1CCCCC1c1cccc(O)c1. The van der Waals surface area contributed by atoms with Crippen LogP contribution in [-0.2, 0) is 0 Å². The first-order chi connectivity index (χ1) is 7.68. The van der Waals surface area contributed by atoms with Gasteiger partial charge in [0.2, 0.25) is 0 Å². The van der Waals surface area contributed by atoms with E-state index < -0.39 is 6.09 Å². The molecule has 4 nitrogen and oxygen atoms in total. The minimum absolute atomic E-state index is 0.113.